The van der Waals surface area contributed by atoms with Crippen molar-refractivity contribution in [3.63, 3.8) is 0 Å². The Morgan fingerprint density at radius 2 is 1.85 bits per heavy atom. The third kappa shape index (κ3) is 3.28. The second-order valence-corrected chi connectivity index (χ2v) is 5.50. The van der Waals surface area contributed by atoms with E-state index < -0.39 is 5.82 Å². The molecule has 1 heterocycles. The molecular weight excluding hydrogens is 397 g/mol. The van der Waals surface area contributed by atoms with E-state index in [9.17, 15) is 9.50 Å². The number of aliphatic hydroxyl groups excluding tert-OH is 1. The summed E-state index contributed by atoms with van der Waals surface area (Å²) in [5, 5.41) is 9.20. The standard InChI is InChI=1S/C13H10Br2FNO3/c1-19-11-3-10(15)12(4-9(11)14)20-13-7(6-18)2-8(16)5-17-13/h2-5,18H,6H2,1H3. The Kier molecular flexibility index (Phi) is 4.95. The molecule has 0 radical (unpaired) electrons. The number of aliphatic hydroxyl groups is 1. The van der Waals surface area contributed by atoms with Gasteiger partial charge in [-0.05, 0) is 50.1 Å². The zero-order chi connectivity index (χ0) is 14.7. The highest BCUT2D eigenvalue weighted by Crippen LogP contribution is 2.38. The summed E-state index contributed by atoms with van der Waals surface area (Å²) in [5.74, 6) is 0.716. The van der Waals surface area contributed by atoms with E-state index >= 15 is 0 Å². The topological polar surface area (TPSA) is 51.6 Å². The molecule has 0 saturated carbocycles. The lowest BCUT2D eigenvalue weighted by molar-refractivity contribution is 0.274. The molecule has 1 N–H and O–H groups in total. The lowest BCUT2D eigenvalue weighted by atomic mass is 10.3. The monoisotopic (exact) mass is 405 g/mol. The van der Waals surface area contributed by atoms with Crippen LogP contribution in [0, 0.1) is 5.82 Å². The zero-order valence-electron chi connectivity index (χ0n) is 10.4. The summed E-state index contributed by atoms with van der Waals surface area (Å²) >= 11 is 6.70. The van der Waals surface area contributed by atoms with Gasteiger partial charge in [0, 0.05) is 5.56 Å². The van der Waals surface area contributed by atoms with Crippen LogP contribution in [0.3, 0.4) is 0 Å². The summed E-state index contributed by atoms with van der Waals surface area (Å²) in [6.07, 6.45) is 1.03. The van der Waals surface area contributed by atoms with E-state index in [1.54, 1.807) is 19.2 Å². The van der Waals surface area contributed by atoms with Crippen LogP contribution in [0.2, 0.25) is 0 Å². The Hall–Kier alpha value is -1.18. The van der Waals surface area contributed by atoms with E-state index in [1.165, 1.54) is 6.07 Å². The summed E-state index contributed by atoms with van der Waals surface area (Å²) in [4.78, 5) is 3.83. The quantitative estimate of drug-likeness (QED) is 0.832. The molecule has 0 bridgehead atoms. The third-order valence-corrected chi connectivity index (χ3v) is 3.71. The number of benzene rings is 1. The molecule has 0 fully saturated rings. The lowest BCUT2D eigenvalue weighted by Gasteiger charge is -2.12. The Labute approximate surface area is 131 Å². The van der Waals surface area contributed by atoms with Crippen LogP contribution < -0.4 is 9.47 Å². The lowest BCUT2D eigenvalue weighted by Crippen LogP contribution is -1.97. The molecule has 1 aromatic carbocycles. The van der Waals surface area contributed by atoms with Gasteiger partial charge in [0.15, 0.2) is 0 Å². The van der Waals surface area contributed by atoms with Gasteiger partial charge in [-0.1, -0.05) is 0 Å². The maximum Gasteiger partial charge on any atom is 0.224 e. The number of hydrogen-bond donors (Lipinski definition) is 1. The molecule has 7 heteroatoms. The molecular formula is C13H10Br2FNO3. The van der Waals surface area contributed by atoms with Crippen LogP contribution in [0.1, 0.15) is 5.56 Å². The molecule has 0 aliphatic heterocycles. The number of nitrogens with zero attached hydrogens (tertiary/aromatic N) is 1. The van der Waals surface area contributed by atoms with Gasteiger partial charge in [-0.2, -0.15) is 0 Å². The summed E-state index contributed by atoms with van der Waals surface area (Å²) in [6, 6.07) is 4.59. The molecule has 0 saturated heterocycles. The maximum atomic E-state index is 13.1. The van der Waals surface area contributed by atoms with Gasteiger partial charge in [-0.25, -0.2) is 9.37 Å². The van der Waals surface area contributed by atoms with E-state index in [0.29, 0.717) is 20.4 Å². The molecule has 0 atom stereocenters. The molecule has 20 heavy (non-hydrogen) atoms. The molecule has 0 aliphatic rings. The number of methoxy groups -OCH3 is 1. The second kappa shape index (κ2) is 6.51. The fourth-order valence-electron chi connectivity index (χ4n) is 1.52. The predicted molar refractivity (Wildman–Crippen MR) is 78.6 cm³/mol. The van der Waals surface area contributed by atoms with E-state index in [-0.39, 0.29) is 18.1 Å². The van der Waals surface area contributed by atoms with Crippen molar-refractivity contribution in [3.8, 4) is 17.4 Å². The highest BCUT2D eigenvalue weighted by Gasteiger charge is 2.12. The smallest absolute Gasteiger partial charge is 0.224 e. The highest BCUT2D eigenvalue weighted by atomic mass is 79.9. The van der Waals surface area contributed by atoms with Crippen LogP contribution in [0.25, 0.3) is 0 Å². The van der Waals surface area contributed by atoms with E-state index in [4.69, 9.17) is 9.47 Å². The minimum absolute atomic E-state index is 0.145. The average molecular weight is 407 g/mol. The normalized spacial score (nSPS) is 10.4. The molecule has 106 valence electrons. The first kappa shape index (κ1) is 15.2. The summed E-state index contributed by atoms with van der Waals surface area (Å²) in [7, 11) is 1.55. The first-order valence-corrected chi connectivity index (χ1v) is 7.10. The second-order valence-electron chi connectivity index (χ2n) is 3.80. The van der Waals surface area contributed by atoms with Crippen LogP contribution in [-0.2, 0) is 6.61 Å². The number of halogens is 3. The maximum absolute atomic E-state index is 13.1. The molecule has 0 unspecified atom stereocenters. The van der Waals surface area contributed by atoms with Crippen molar-refractivity contribution in [1.29, 1.82) is 0 Å². The predicted octanol–water partition coefficient (Wildman–Crippen LogP) is 4.04. The van der Waals surface area contributed by atoms with Crippen LogP contribution in [0.4, 0.5) is 4.39 Å². The van der Waals surface area contributed by atoms with Gasteiger partial charge in [0.05, 0.1) is 28.9 Å². The number of hydrogen-bond acceptors (Lipinski definition) is 4. The van der Waals surface area contributed by atoms with Crippen LogP contribution in [0.15, 0.2) is 33.3 Å². The van der Waals surface area contributed by atoms with Gasteiger partial charge >= 0.3 is 0 Å². The van der Waals surface area contributed by atoms with Crippen molar-refractivity contribution in [2.45, 2.75) is 6.61 Å². The first-order chi connectivity index (χ1) is 9.55. The van der Waals surface area contributed by atoms with Crippen LogP contribution >= 0.6 is 31.9 Å². The van der Waals surface area contributed by atoms with Crippen LogP contribution in [-0.4, -0.2) is 17.2 Å². The van der Waals surface area contributed by atoms with E-state index in [2.05, 4.69) is 36.8 Å². The molecule has 4 nitrogen and oxygen atoms in total. The summed E-state index contributed by atoms with van der Waals surface area (Å²) in [5.41, 5.74) is 0.267. The minimum atomic E-state index is -0.531. The molecule has 0 amide bonds. The van der Waals surface area contributed by atoms with E-state index in [0.717, 1.165) is 6.20 Å². The van der Waals surface area contributed by atoms with E-state index in [1.807, 2.05) is 0 Å². The van der Waals surface area contributed by atoms with Gasteiger partial charge in [-0.15, -0.1) is 0 Å². The summed E-state index contributed by atoms with van der Waals surface area (Å²) in [6.45, 7) is -0.366. The van der Waals surface area contributed by atoms with Crippen molar-refractivity contribution >= 4 is 31.9 Å². The van der Waals surface area contributed by atoms with Gasteiger partial charge < -0.3 is 14.6 Å². The van der Waals surface area contributed by atoms with Crippen LogP contribution in [0.5, 0.6) is 17.4 Å². The number of pyridine rings is 1. The number of rotatable bonds is 4. The van der Waals surface area contributed by atoms with Gasteiger partial charge in [0.25, 0.3) is 0 Å². The Balaban J connectivity index is 2.37. The van der Waals surface area contributed by atoms with Crippen molar-refractivity contribution < 1.29 is 19.0 Å². The van der Waals surface area contributed by atoms with Crippen molar-refractivity contribution in [1.82, 2.24) is 4.98 Å². The number of ether oxygens (including phenoxy) is 2. The van der Waals surface area contributed by atoms with Gasteiger partial charge in [-0.3, -0.25) is 0 Å². The largest absolute Gasteiger partial charge is 0.496 e. The average Bonchev–Trinajstić information content (AvgIpc) is 2.44. The van der Waals surface area contributed by atoms with Gasteiger partial charge in [0.2, 0.25) is 5.88 Å². The van der Waals surface area contributed by atoms with Gasteiger partial charge in [0.1, 0.15) is 17.3 Å². The third-order valence-electron chi connectivity index (χ3n) is 2.48. The first-order valence-electron chi connectivity index (χ1n) is 5.51. The molecule has 0 spiro atoms. The fourth-order valence-corrected chi connectivity index (χ4v) is 2.41. The molecule has 0 aliphatic carbocycles. The Bertz CT molecular complexity index is 637. The zero-order valence-corrected chi connectivity index (χ0v) is 13.5. The molecule has 1 aromatic heterocycles. The SMILES string of the molecule is COc1cc(Br)c(Oc2ncc(F)cc2CO)cc1Br. The molecule has 2 aromatic rings. The van der Waals surface area contributed by atoms with Crippen molar-refractivity contribution in [2.75, 3.05) is 7.11 Å². The number of aromatic nitrogens is 1. The highest BCUT2D eigenvalue weighted by molar-refractivity contribution is 9.11. The van der Waals surface area contributed by atoms with Crippen molar-refractivity contribution in [3.05, 3.63) is 44.7 Å². The minimum Gasteiger partial charge on any atom is -0.496 e. The fraction of sp³-hybridized carbons (Fsp3) is 0.154. The van der Waals surface area contributed by atoms with Crippen molar-refractivity contribution in [2.24, 2.45) is 0 Å². The summed E-state index contributed by atoms with van der Waals surface area (Å²) < 4.78 is 25.1. The Morgan fingerprint density at radius 3 is 2.50 bits per heavy atom. The molecule has 2 rings (SSSR count). The Morgan fingerprint density at radius 1 is 1.20 bits per heavy atom.